The average Bonchev–Trinajstić information content (AvgIpc) is 3.46. The highest BCUT2D eigenvalue weighted by molar-refractivity contribution is 7.89. The van der Waals surface area contributed by atoms with Gasteiger partial charge in [0, 0.05) is 32.7 Å². The monoisotopic (exact) mass is 460 g/mol. The summed E-state index contributed by atoms with van der Waals surface area (Å²) < 4.78 is 41.9. The lowest BCUT2D eigenvalue weighted by Gasteiger charge is -2.27. The summed E-state index contributed by atoms with van der Waals surface area (Å²) in [6.07, 6.45) is -0.896. The van der Waals surface area contributed by atoms with Gasteiger partial charge in [0.2, 0.25) is 10.0 Å². The zero-order valence-electron chi connectivity index (χ0n) is 16.5. The summed E-state index contributed by atoms with van der Waals surface area (Å²) >= 11 is 1.42. The van der Waals surface area contributed by atoms with E-state index in [1.165, 1.54) is 27.8 Å². The van der Waals surface area contributed by atoms with E-state index in [2.05, 4.69) is 10.3 Å². The molecule has 0 spiro atoms. The summed E-state index contributed by atoms with van der Waals surface area (Å²) in [5.74, 6) is -0.314. The number of aliphatic hydroxyl groups excluding tert-OH is 1. The quantitative estimate of drug-likeness (QED) is 0.433. The molecule has 0 aliphatic carbocycles. The molecule has 5 rings (SSSR count). The molecular formula is C21H21FN4O3S2. The van der Waals surface area contributed by atoms with E-state index >= 15 is 0 Å². The Balaban J connectivity index is 1.20. The van der Waals surface area contributed by atoms with E-state index < -0.39 is 16.4 Å². The van der Waals surface area contributed by atoms with Gasteiger partial charge in [-0.1, -0.05) is 12.1 Å². The normalized spacial score (nSPS) is 18.8. The van der Waals surface area contributed by atoms with E-state index in [1.807, 2.05) is 4.90 Å². The molecule has 2 aliphatic rings. The number of nitrogens with one attached hydrogen (secondary N) is 1. The Kier molecular flexibility index (Phi) is 5.37. The topological polar surface area (TPSA) is 85.8 Å². The first kappa shape index (κ1) is 20.7. The Morgan fingerprint density at radius 2 is 1.90 bits per heavy atom. The van der Waals surface area contributed by atoms with Gasteiger partial charge in [0.25, 0.3) is 0 Å². The van der Waals surface area contributed by atoms with Crippen molar-refractivity contribution < 1.29 is 17.9 Å². The standard InChI is InChI=1S/C21H21FN4O3S2/c22-17-3-1-2-14(6-17)8-23-21(27)25-9-15-11-26(12-16(15)10-25)31(28,29)18-4-5-19-20(7-18)30-13-24-19/h1-7,13,21,23,27H,8-12H2. The van der Waals surface area contributed by atoms with Crippen LogP contribution in [0.1, 0.15) is 5.56 Å². The zero-order valence-corrected chi connectivity index (χ0v) is 18.2. The molecule has 3 aromatic rings. The number of nitrogens with zero attached hydrogens (tertiary/aromatic N) is 3. The van der Waals surface area contributed by atoms with Crippen molar-refractivity contribution in [3.63, 3.8) is 0 Å². The third kappa shape index (κ3) is 4.02. The number of halogens is 1. The minimum Gasteiger partial charge on any atom is -0.365 e. The maximum absolute atomic E-state index is 13.3. The molecule has 10 heteroatoms. The van der Waals surface area contributed by atoms with Crippen molar-refractivity contribution in [3.05, 3.63) is 70.5 Å². The van der Waals surface area contributed by atoms with Crippen molar-refractivity contribution in [3.8, 4) is 0 Å². The molecule has 2 aliphatic heterocycles. The lowest BCUT2D eigenvalue weighted by molar-refractivity contribution is -0.00812. The Hall–Kier alpha value is -2.21. The van der Waals surface area contributed by atoms with E-state index in [-0.39, 0.29) is 10.7 Å². The number of aliphatic hydroxyl groups is 1. The summed E-state index contributed by atoms with van der Waals surface area (Å²) in [7, 11) is -3.60. The highest BCUT2D eigenvalue weighted by atomic mass is 32.2. The van der Waals surface area contributed by atoms with E-state index in [4.69, 9.17) is 0 Å². The van der Waals surface area contributed by atoms with Gasteiger partial charge in [-0.2, -0.15) is 4.31 Å². The van der Waals surface area contributed by atoms with Gasteiger partial charge in [0.05, 0.1) is 20.6 Å². The fraction of sp³-hybridized carbons (Fsp3) is 0.286. The molecule has 2 aromatic carbocycles. The number of sulfonamides is 1. The first-order valence-electron chi connectivity index (χ1n) is 9.83. The number of benzene rings is 2. The molecule has 0 radical (unpaired) electrons. The summed E-state index contributed by atoms with van der Waals surface area (Å²) in [4.78, 5) is 6.32. The van der Waals surface area contributed by atoms with E-state index in [1.54, 1.807) is 35.8 Å². The number of aromatic nitrogens is 1. The Morgan fingerprint density at radius 3 is 2.65 bits per heavy atom. The Labute approximate surface area is 183 Å². The number of hydrogen-bond acceptors (Lipinski definition) is 7. The lowest BCUT2D eigenvalue weighted by Crippen LogP contribution is -2.46. The highest BCUT2D eigenvalue weighted by Gasteiger charge is 2.37. The lowest BCUT2D eigenvalue weighted by atomic mass is 10.2. The number of hydrogen-bond donors (Lipinski definition) is 2. The minimum atomic E-state index is -3.60. The second-order valence-electron chi connectivity index (χ2n) is 7.75. The summed E-state index contributed by atoms with van der Waals surface area (Å²) in [5, 5.41) is 13.5. The van der Waals surface area contributed by atoms with Gasteiger partial charge >= 0.3 is 0 Å². The van der Waals surface area contributed by atoms with Gasteiger partial charge in [-0.15, -0.1) is 11.3 Å². The molecule has 0 saturated heterocycles. The van der Waals surface area contributed by atoms with Crippen LogP contribution < -0.4 is 5.32 Å². The van der Waals surface area contributed by atoms with Gasteiger partial charge in [0.1, 0.15) is 5.82 Å². The molecule has 2 N–H and O–H groups in total. The first-order valence-corrected chi connectivity index (χ1v) is 12.2. The van der Waals surface area contributed by atoms with Gasteiger partial charge in [-0.3, -0.25) is 10.2 Å². The maximum Gasteiger partial charge on any atom is 0.243 e. The summed E-state index contributed by atoms with van der Waals surface area (Å²) in [5.41, 5.74) is 5.29. The van der Waals surface area contributed by atoms with Crippen LogP contribution in [0.2, 0.25) is 0 Å². The van der Waals surface area contributed by atoms with Crippen LogP contribution in [0.4, 0.5) is 4.39 Å². The second kappa shape index (κ2) is 8.05. The highest BCUT2D eigenvalue weighted by Crippen LogP contribution is 2.31. The third-order valence-electron chi connectivity index (χ3n) is 5.69. The molecular weight excluding hydrogens is 439 g/mol. The van der Waals surface area contributed by atoms with Crippen molar-refractivity contribution in [1.29, 1.82) is 0 Å². The molecule has 1 atom stereocenters. The van der Waals surface area contributed by atoms with Gasteiger partial charge in [0.15, 0.2) is 6.35 Å². The molecule has 0 fully saturated rings. The summed E-state index contributed by atoms with van der Waals surface area (Å²) in [6.45, 7) is 1.97. The number of thiazole rings is 1. The van der Waals surface area contributed by atoms with Crippen LogP contribution in [0.3, 0.4) is 0 Å². The van der Waals surface area contributed by atoms with Crippen molar-refractivity contribution in [2.24, 2.45) is 0 Å². The van der Waals surface area contributed by atoms with Crippen molar-refractivity contribution in [2.75, 3.05) is 26.2 Å². The van der Waals surface area contributed by atoms with Gasteiger partial charge in [-0.25, -0.2) is 17.8 Å². The Morgan fingerprint density at radius 1 is 1.13 bits per heavy atom. The molecule has 162 valence electrons. The molecule has 31 heavy (non-hydrogen) atoms. The predicted molar refractivity (Wildman–Crippen MR) is 116 cm³/mol. The molecule has 1 aromatic heterocycles. The van der Waals surface area contributed by atoms with E-state index in [9.17, 15) is 17.9 Å². The maximum atomic E-state index is 13.3. The fourth-order valence-corrected chi connectivity index (χ4v) is 6.30. The van der Waals surface area contributed by atoms with Crippen molar-refractivity contribution in [1.82, 2.24) is 19.5 Å². The predicted octanol–water partition coefficient (Wildman–Crippen LogP) is 2.12. The van der Waals surface area contributed by atoms with Crippen molar-refractivity contribution >= 4 is 31.6 Å². The van der Waals surface area contributed by atoms with Crippen LogP contribution in [-0.2, 0) is 16.6 Å². The second-order valence-corrected chi connectivity index (χ2v) is 10.6. The van der Waals surface area contributed by atoms with E-state index in [0.717, 1.165) is 26.9 Å². The van der Waals surface area contributed by atoms with Crippen LogP contribution in [-0.4, -0.2) is 60.2 Å². The largest absolute Gasteiger partial charge is 0.365 e. The van der Waals surface area contributed by atoms with E-state index in [0.29, 0.717) is 32.7 Å². The fourth-order valence-electron chi connectivity index (χ4n) is 4.05. The molecule has 3 heterocycles. The Bertz CT molecular complexity index is 1260. The molecule has 7 nitrogen and oxygen atoms in total. The van der Waals surface area contributed by atoms with Crippen LogP contribution in [0.5, 0.6) is 0 Å². The van der Waals surface area contributed by atoms with Gasteiger partial charge in [-0.05, 0) is 47.0 Å². The number of fused-ring (bicyclic) bond motifs is 1. The SMILES string of the molecule is O=S(=O)(c1ccc2ncsc2c1)N1CC2=C(CN(C(O)NCc3cccc(F)c3)C2)C1. The molecule has 1 unspecified atom stereocenters. The van der Waals surface area contributed by atoms with Crippen LogP contribution >= 0.6 is 11.3 Å². The third-order valence-corrected chi connectivity index (χ3v) is 8.27. The van der Waals surface area contributed by atoms with Crippen LogP contribution in [0, 0.1) is 5.82 Å². The van der Waals surface area contributed by atoms with Crippen LogP contribution in [0.15, 0.2) is 64.0 Å². The van der Waals surface area contributed by atoms with Crippen molar-refractivity contribution in [2.45, 2.75) is 17.8 Å². The summed E-state index contributed by atoms with van der Waals surface area (Å²) in [6, 6.07) is 11.2. The minimum absolute atomic E-state index is 0.277. The van der Waals surface area contributed by atoms with Gasteiger partial charge < -0.3 is 5.11 Å². The molecule has 0 amide bonds. The molecule has 0 saturated carbocycles. The molecule has 0 bridgehead atoms. The first-order chi connectivity index (χ1) is 14.9. The van der Waals surface area contributed by atoms with Crippen LogP contribution in [0.25, 0.3) is 10.2 Å². The number of rotatable bonds is 6. The zero-order chi connectivity index (χ0) is 21.6. The smallest absolute Gasteiger partial charge is 0.243 e. The average molecular weight is 461 g/mol.